The van der Waals surface area contributed by atoms with Crippen molar-refractivity contribution >= 4 is 17.7 Å². The number of piperidine rings is 1. The van der Waals surface area contributed by atoms with Crippen molar-refractivity contribution in [2.75, 3.05) is 36.9 Å². The lowest BCUT2D eigenvalue weighted by molar-refractivity contribution is 0.0405. The number of hydrogen-bond donors (Lipinski definition) is 3. The van der Waals surface area contributed by atoms with Gasteiger partial charge < -0.3 is 30.5 Å². The number of aromatic nitrogens is 4. The quantitative estimate of drug-likeness (QED) is 0.425. The highest BCUT2D eigenvalue weighted by Gasteiger charge is 2.44. The lowest BCUT2D eigenvalue weighted by Gasteiger charge is -2.32. The van der Waals surface area contributed by atoms with E-state index in [1.807, 2.05) is 4.90 Å². The van der Waals surface area contributed by atoms with Crippen molar-refractivity contribution in [2.45, 2.75) is 58.1 Å². The van der Waals surface area contributed by atoms with E-state index < -0.39 is 23.0 Å². The molecule has 0 unspecified atom stereocenters. The van der Waals surface area contributed by atoms with Gasteiger partial charge in [0, 0.05) is 19.3 Å². The first-order valence-electron chi connectivity index (χ1n) is 12.5. The van der Waals surface area contributed by atoms with E-state index in [4.69, 9.17) is 15.2 Å². The summed E-state index contributed by atoms with van der Waals surface area (Å²) in [5, 5.41) is 22.3. The molecule has 0 radical (unpaired) electrons. The number of aliphatic hydroxyl groups is 1. The van der Waals surface area contributed by atoms with Crippen molar-refractivity contribution in [1.82, 2.24) is 25.3 Å². The van der Waals surface area contributed by atoms with E-state index in [1.165, 1.54) is 0 Å². The van der Waals surface area contributed by atoms with Crippen molar-refractivity contribution in [1.29, 1.82) is 5.26 Å². The summed E-state index contributed by atoms with van der Waals surface area (Å²) in [5.74, 6) is 0.952. The normalized spacial score (nSPS) is 18.0. The summed E-state index contributed by atoms with van der Waals surface area (Å²) in [4.78, 5) is 32.0. The number of hydrogen-bond acceptors (Lipinski definition) is 11. The van der Waals surface area contributed by atoms with Gasteiger partial charge in [0.05, 0.1) is 29.7 Å². The molecule has 1 saturated heterocycles. The molecule has 2 aromatic rings. The largest absolute Gasteiger partial charge is 0.489 e. The van der Waals surface area contributed by atoms with Crippen molar-refractivity contribution < 1.29 is 19.4 Å². The Morgan fingerprint density at radius 3 is 2.68 bits per heavy atom. The minimum absolute atomic E-state index is 0.00472. The zero-order valence-electron chi connectivity index (χ0n) is 21.5. The summed E-state index contributed by atoms with van der Waals surface area (Å²) < 4.78 is 11.6. The Balaban J connectivity index is 1.44. The number of nitrogens with two attached hydrogens (primary N) is 1. The summed E-state index contributed by atoms with van der Waals surface area (Å²) in [6, 6.07) is 5.32. The van der Waals surface area contributed by atoms with Crippen LogP contribution < -0.4 is 25.4 Å². The molecule has 4 N–H and O–H groups in total. The van der Waals surface area contributed by atoms with E-state index in [1.54, 1.807) is 39.1 Å². The number of nitrogen functional groups attached to an aromatic ring is 1. The first-order valence-corrected chi connectivity index (χ1v) is 12.5. The Bertz CT molecular complexity index is 1150. The maximum atomic E-state index is 12.9. The molecule has 37 heavy (non-hydrogen) atoms. The number of nitrogens with one attached hydrogen (secondary N) is 1. The molecule has 4 rings (SSSR count). The second kappa shape index (κ2) is 10.7. The molecule has 1 aliphatic carbocycles. The molecule has 0 aromatic carbocycles. The maximum absolute atomic E-state index is 12.9. The van der Waals surface area contributed by atoms with E-state index >= 15 is 0 Å². The molecule has 198 valence electrons. The minimum Gasteiger partial charge on any atom is -0.489 e. The van der Waals surface area contributed by atoms with Gasteiger partial charge in [-0.25, -0.2) is 4.98 Å². The summed E-state index contributed by atoms with van der Waals surface area (Å²) >= 11 is 0. The van der Waals surface area contributed by atoms with Crippen LogP contribution in [0.15, 0.2) is 18.3 Å². The first kappa shape index (κ1) is 26.3. The third-order valence-corrected chi connectivity index (χ3v) is 6.95. The van der Waals surface area contributed by atoms with Crippen LogP contribution in [-0.2, 0) is 0 Å². The fourth-order valence-corrected chi connectivity index (χ4v) is 3.77. The van der Waals surface area contributed by atoms with Gasteiger partial charge in [-0.15, -0.1) is 0 Å². The second-order valence-corrected chi connectivity index (χ2v) is 10.4. The van der Waals surface area contributed by atoms with Crippen molar-refractivity contribution in [3.05, 3.63) is 24.2 Å². The molecular weight excluding hydrogens is 476 g/mol. The van der Waals surface area contributed by atoms with Crippen LogP contribution in [0.4, 0.5) is 11.8 Å². The predicted octanol–water partition coefficient (Wildman–Crippen LogP) is 1.72. The van der Waals surface area contributed by atoms with E-state index in [0.717, 1.165) is 25.7 Å². The highest BCUT2D eigenvalue weighted by atomic mass is 16.5. The number of nitrogens with zero attached hydrogens (tertiary/aromatic N) is 6. The fraction of sp³-hybridized carbons (Fsp3) is 0.600. The Hall–Kier alpha value is -3.72. The Kier molecular flexibility index (Phi) is 7.63. The molecule has 2 aliphatic rings. The number of amides is 1. The van der Waals surface area contributed by atoms with Crippen LogP contribution in [0.5, 0.6) is 11.8 Å². The molecule has 0 spiro atoms. The number of ether oxygens (including phenoxy) is 2. The van der Waals surface area contributed by atoms with Gasteiger partial charge in [-0.05, 0) is 64.5 Å². The van der Waals surface area contributed by atoms with Crippen LogP contribution in [0, 0.1) is 22.7 Å². The summed E-state index contributed by atoms with van der Waals surface area (Å²) in [5.41, 5.74) is 4.22. The average Bonchev–Trinajstić information content (AvgIpc) is 3.67. The molecule has 1 amide bonds. The van der Waals surface area contributed by atoms with Crippen LogP contribution in [0.3, 0.4) is 0 Å². The summed E-state index contributed by atoms with van der Waals surface area (Å²) in [6.07, 6.45) is 4.81. The van der Waals surface area contributed by atoms with E-state index in [9.17, 15) is 15.2 Å². The lowest BCUT2D eigenvalue weighted by Crippen LogP contribution is -2.47. The average molecular weight is 511 g/mol. The highest BCUT2D eigenvalue weighted by Crippen LogP contribution is 2.44. The summed E-state index contributed by atoms with van der Waals surface area (Å²) in [7, 11) is 0. The third kappa shape index (κ3) is 6.74. The number of carbonyl (C=O) groups is 1. The second-order valence-electron chi connectivity index (χ2n) is 10.4. The Labute approximate surface area is 216 Å². The first-order chi connectivity index (χ1) is 17.6. The van der Waals surface area contributed by atoms with Crippen LogP contribution in [0.1, 0.15) is 57.1 Å². The van der Waals surface area contributed by atoms with E-state index in [-0.39, 0.29) is 18.4 Å². The van der Waals surface area contributed by atoms with Crippen LogP contribution in [-0.4, -0.2) is 68.9 Å². The molecule has 12 nitrogen and oxygen atoms in total. The van der Waals surface area contributed by atoms with Gasteiger partial charge in [0.1, 0.15) is 6.61 Å². The zero-order valence-corrected chi connectivity index (χ0v) is 21.5. The number of carbonyl (C=O) groups excluding carboxylic acids is 1. The Morgan fingerprint density at radius 1 is 1.32 bits per heavy atom. The van der Waals surface area contributed by atoms with Gasteiger partial charge in [0.25, 0.3) is 5.91 Å². The third-order valence-electron chi connectivity index (χ3n) is 6.95. The van der Waals surface area contributed by atoms with Crippen LogP contribution in [0.25, 0.3) is 0 Å². The molecule has 2 aromatic heterocycles. The zero-order chi connectivity index (χ0) is 26.6. The molecule has 1 atom stereocenters. The molecule has 3 heterocycles. The lowest BCUT2D eigenvalue weighted by atomic mass is 9.98. The molecule has 0 bridgehead atoms. The van der Waals surface area contributed by atoms with Gasteiger partial charge in [-0.1, -0.05) is 0 Å². The van der Waals surface area contributed by atoms with Gasteiger partial charge in [0.15, 0.2) is 11.6 Å². The smallest absolute Gasteiger partial charge is 0.322 e. The predicted molar refractivity (Wildman–Crippen MR) is 135 cm³/mol. The van der Waals surface area contributed by atoms with Gasteiger partial charge in [-0.2, -0.15) is 20.2 Å². The Morgan fingerprint density at radius 2 is 2.05 bits per heavy atom. The number of rotatable bonds is 10. The minimum atomic E-state index is -1.12. The standard InChI is InChI=1S/C25H34N8O4/c1-16(24(2,3)35)29-21(34)20-30-22(32-23(31-20)37-15-25(14-26)8-9-25)33-11-6-17(7-12-33)13-36-18-5-4-10-28-19(18)27/h4-5,10,16-17,35H,6-9,11-13,15H2,1-3H3,(H2,27,28)(H,29,34)/t16-/m1/s1. The van der Waals surface area contributed by atoms with Gasteiger partial charge in [-0.3, -0.25) is 4.79 Å². The monoisotopic (exact) mass is 510 g/mol. The SMILES string of the molecule is C[C@@H](NC(=O)c1nc(OCC2(C#N)CC2)nc(N2CCC(COc3cccnc3N)CC2)n1)C(C)(C)O. The van der Waals surface area contributed by atoms with Crippen LogP contribution in [0.2, 0.25) is 0 Å². The van der Waals surface area contributed by atoms with E-state index in [0.29, 0.717) is 43.1 Å². The molecule has 12 heteroatoms. The van der Waals surface area contributed by atoms with Crippen molar-refractivity contribution in [2.24, 2.45) is 11.3 Å². The topological polar surface area (TPSA) is 172 Å². The fourth-order valence-electron chi connectivity index (χ4n) is 3.77. The number of nitriles is 1. The molecular formula is C25H34N8O4. The maximum Gasteiger partial charge on any atom is 0.322 e. The molecule has 2 fully saturated rings. The number of anilines is 2. The van der Waals surface area contributed by atoms with Gasteiger partial charge >= 0.3 is 6.01 Å². The van der Waals surface area contributed by atoms with Crippen molar-refractivity contribution in [3.8, 4) is 17.8 Å². The van der Waals surface area contributed by atoms with Crippen molar-refractivity contribution in [3.63, 3.8) is 0 Å². The number of pyridine rings is 1. The molecule has 1 aliphatic heterocycles. The van der Waals surface area contributed by atoms with Crippen LogP contribution >= 0.6 is 0 Å². The highest BCUT2D eigenvalue weighted by molar-refractivity contribution is 5.91. The summed E-state index contributed by atoms with van der Waals surface area (Å²) in [6.45, 7) is 6.91. The molecule has 1 saturated carbocycles. The van der Waals surface area contributed by atoms with E-state index in [2.05, 4.69) is 31.3 Å². The van der Waals surface area contributed by atoms with Gasteiger partial charge in [0.2, 0.25) is 11.8 Å².